The molecule has 0 aromatic heterocycles. The van der Waals surface area contributed by atoms with Crippen molar-refractivity contribution in [3.8, 4) is 0 Å². The second-order valence-corrected chi connectivity index (χ2v) is 10.0. The number of carbonyl (C=O) groups is 3. The number of Topliss-reactive ketones (excluding diaryl/α,β-unsaturated/α-hetero) is 1. The molecule has 0 aliphatic carbocycles. The summed E-state index contributed by atoms with van der Waals surface area (Å²) in [5.41, 5.74) is 14.1. The van der Waals surface area contributed by atoms with Crippen molar-refractivity contribution in [2.24, 2.45) is 17.2 Å². The Morgan fingerprint density at radius 2 is 1.43 bits per heavy atom. The maximum Gasteiger partial charge on any atom is 0.488 e. The molecule has 0 unspecified atom stereocenters. The molecule has 0 aliphatic rings. The minimum atomic E-state index is -4.88. The standard InChI is InChI=1S/C27H34BF6N5O5/c29-26(30,31)18-3-1-16(2-4-18)13-22(38-25(42)21(37)5-6-24(41)39(9-7-35)10-8-36)23(40)14-17-11-19(27(32,33)34)15-20(12-17)28(43)44/h1-4,11-12,15,21-22,43-44H,5-10,13-14,35-37H2,(H,38,42)/t21-,22+/m0/s1. The fraction of sp³-hybridized carbons (Fsp3) is 0.444. The fourth-order valence-corrected chi connectivity index (χ4v) is 4.29. The molecule has 2 amide bonds. The minimum absolute atomic E-state index is 0.150. The number of nitrogens with two attached hydrogens (primary N) is 3. The lowest BCUT2D eigenvalue weighted by Gasteiger charge is -2.23. The summed E-state index contributed by atoms with van der Waals surface area (Å²) in [5, 5.41) is 21.3. The summed E-state index contributed by atoms with van der Waals surface area (Å²) >= 11 is 0. The molecule has 0 heterocycles. The zero-order chi connectivity index (χ0) is 33.2. The summed E-state index contributed by atoms with van der Waals surface area (Å²) in [4.78, 5) is 40.1. The molecule has 0 saturated carbocycles. The van der Waals surface area contributed by atoms with Gasteiger partial charge in [0.05, 0.1) is 23.2 Å². The molecule has 2 aromatic carbocycles. The van der Waals surface area contributed by atoms with Crippen LogP contribution in [0.5, 0.6) is 0 Å². The van der Waals surface area contributed by atoms with Crippen molar-refractivity contribution in [1.29, 1.82) is 0 Å². The van der Waals surface area contributed by atoms with Crippen LogP contribution in [0.2, 0.25) is 0 Å². The Bertz CT molecular complexity index is 1270. The number of benzene rings is 2. The van der Waals surface area contributed by atoms with Crippen molar-refractivity contribution < 1.29 is 50.8 Å². The highest BCUT2D eigenvalue weighted by Crippen LogP contribution is 2.30. The third kappa shape index (κ3) is 11.2. The van der Waals surface area contributed by atoms with Crippen molar-refractivity contribution in [2.45, 2.75) is 50.1 Å². The Balaban J connectivity index is 2.29. The maximum absolute atomic E-state index is 13.4. The summed E-state index contributed by atoms with van der Waals surface area (Å²) in [7, 11) is -2.28. The van der Waals surface area contributed by atoms with E-state index in [1.165, 1.54) is 4.90 Å². The van der Waals surface area contributed by atoms with Crippen molar-refractivity contribution in [2.75, 3.05) is 26.2 Å². The molecule has 44 heavy (non-hydrogen) atoms. The Hall–Kier alpha value is -3.51. The van der Waals surface area contributed by atoms with Crippen LogP contribution < -0.4 is 28.0 Å². The van der Waals surface area contributed by atoms with Gasteiger partial charge in [0.25, 0.3) is 0 Å². The Kier molecular flexibility index (Phi) is 13.3. The first-order valence-electron chi connectivity index (χ1n) is 13.5. The van der Waals surface area contributed by atoms with E-state index in [-0.39, 0.29) is 62.5 Å². The third-order valence-corrected chi connectivity index (χ3v) is 6.60. The van der Waals surface area contributed by atoms with E-state index in [0.29, 0.717) is 12.1 Å². The number of nitrogens with zero attached hydrogens (tertiary/aromatic N) is 1. The van der Waals surface area contributed by atoms with Gasteiger partial charge < -0.3 is 37.5 Å². The molecule has 2 atom stereocenters. The van der Waals surface area contributed by atoms with Crippen LogP contribution in [0, 0.1) is 0 Å². The van der Waals surface area contributed by atoms with Crippen molar-refractivity contribution in [3.63, 3.8) is 0 Å². The number of alkyl halides is 6. The topological polar surface area (TPSA) is 185 Å². The normalized spacial score (nSPS) is 13.2. The van der Waals surface area contributed by atoms with E-state index in [2.05, 4.69) is 5.32 Å². The average molecular weight is 633 g/mol. The van der Waals surface area contributed by atoms with Gasteiger partial charge in [0, 0.05) is 39.0 Å². The first kappa shape index (κ1) is 36.7. The molecule has 17 heteroatoms. The van der Waals surface area contributed by atoms with Gasteiger partial charge in [-0.15, -0.1) is 0 Å². The predicted octanol–water partition coefficient (Wildman–Crippen LogP) is 0.0966. The molecule has 9 N–H and O–H groups in total. The van der Waals surface area contributed by atoms with E-state index in [4.69, 9.17) is 17.2 Å². The van der Waals surface area contributed by atoms with E-state index >= 15 is 0 Å². The molecule has 2 aromatic rings. The highest BCUT2D eigenvalue weighted by Gasteiger charge is 2.33. The van der Waals surface area contributed by atoms with Gasteiger partial charge in [0.2, 0.25) is 11.8 Å². The van der Waals surface area contributed by atoms with Crippen LogP contribution in [0.15, 0.2) is 42.5 Å². The quantitative estimate of drug-likeness (QED) is 0.118. The Morgan fingerprint density at radius 3 is 1.93 bits per heavy atom. The molecule has 10 nitrogen and oxygen atoms in total. The van der Waals surface area contributed by atoms with Gasteiger partial charge in [-0.1, -0.05) is 24.3 Å². The predicted molar refractivity (Wildman–Crippen MR) is 149 cm³/mol. The van der Waals surface area contributed by atoms with Gasteiger partial charge in [-0.05, 0) is 47.6 Å². The summed E-state index contributed by atoms with van der Waals surface area (Å²) in [5.74, 6) is -2.09. The van der Waals surface area contributed by atoms with Crippen LogP contribution in [-0.4, -0.2) is 77.9 Å². The first-order valence-corrected chi connectivity index (χ1v) is 13.5. The van der Waals surface area contributed by atoms with Crippen LogP contribution in [0.25, 0.3) is 0 Å². The van der Waals surface area contributed by atoms with Crippen molar-refractivity contribution in [1.82, 2.24) is 10.2 Å². The van der Waals surface area contributed by atoms with Gasteiger partial charge in [-0.25, -0.2) is 0 Å². The Labute approximate surface area is 249 Å². The van der Waals surface area contributed by atoms with Crippen molar-refractivity contribution >= 4 is 30.2 Å². The lowest BCUT2D eigenvalue weighted by atomic mass is 9.78. The molecule has 0 aliphatic heterocycles. The molecular weight excluding hydrogens is 599 g/mol. The van der Waals surface area contributed by atoms with Crippen LogP contribution in [0.3, 0.4) is 0 Å². The van der Waals surface area contributed by atoms with Crippen LogP contribution in [0.4, 0.5) is 26.3 Å². The van der Waals surface area contributed by atoms with Crippen LogP contribution in [-0.2, 0) is 39.6 Å². The monoisotopic (exact) mass is 633 g/mol. The van der Waals surface area contributed by atoms with Crippen LogP contribution >= 0.6 is 0 Å². The van der Waals surface area contributed by atoms with Gasteiger partial charge in [-0.3, -0.25) is 14.4 Å². The average Bonchev–Trinajstić information content (AvgIpc) is 2.94. The largest absolute Gasteiger partial charge is 0.488 e. The summed E-state index contributed by atoms with van der Waals surface area (Å²) in [6.07, 6.45) is -10.9. The molecule has 0 bridgehead atoms. The molecule has 2 rings (SSSR count). The Morgan fingerprint density at radius 1 is 0.864 bits per heavy atom. The number of ketones is 1. The van der Waals surface area contributed by atoms with Crippen molar-refractivity contribution in [3.05, 3.63) is 64.7 Å². The lowest BCUT2D eigenvalue weighted by Crippen LogP contribution is -2.50. The number of halogens is 6. The minimum Gasteiger partial charge on any atom is -0.423 e. The summed E-state index contributed by atoms with van der Waals surface area (Å²) < 4.78 is 79.2. The smallest absolute Gasteiger partial charge is 0.423 e. The zero-order valence-corrected chi connectivity index (χ0v) is 23.5. The molecule has 0 fully saturated rings. The summed E-state index contributed by atoms with van der Waals surface area (Å²) in [6.45, 7) is 0.810. The first-order chi connectivity index (χ1) is 20.5. The number of hydrogen-bond acceptors (Lipinski definition) is 8. The van der Waals surface area contributed by atoms with E-state index < -0.39 is 66.3 Å². The maximum atomic E-state index is 13.4. The fourth-order valence-electron chi connectivity index (χ4n) is 4.29. The summed E-state index contributed by atoms with van der Waals surface area (Å²) in [6, 6.07) is 3.06. The highest BCUT2D eigenvalue weighted by molar-refractivity contribution is 6.58. The number of rotatable bonds is 15. The van der Waals surface area contributed by atoms with Crippen LogP contribution in [0.1, 0.15) is 35.1 Å². The van der Waals surface area contributed by atoms with E-state index in [1.54, 1.807) is 0 Å². The zero-order valence-electron chi connectivity index (χ0n) is 23.5. The van der Waals surface area contributed by atoms with Gasteiger partial charge in [0.1, 0.15) is 0 Å². The van der Waals surface area contributed by atoms with Gasteiger partial charge in [-0.2, -0.15) is 26.3 Å². The van der Waals surface area contributed by atoms with Gasteiger partial charge in [0.15, 0.2) is 5.78 Å². The molecule has 0 spiro atoms. The molecule has 0 radical (unpaired) electrons. The van der Waals surface area contributed by atoms with E-state index in [1.807, 2.05) is 0 Å². The number of hydrogen-bond donors (Lipinski definition) is 6. The number of nitrogens with one attached hydrogen (secondary N) is 1. The molecule has 0 saturated heterocycles. The SMILES string of the molecule is NCCN(CCN)C(=O)CC[C@H](N)C(=O)N[C@H](Cc1ccc(C(F)(F)F)cc1)C(=O)Cc1cc(B(O)O)cc(C(F)(F)F)c1. The molecule has 242 valence electrons. The second kappa shape index (κ2) is 16.0. The van der Waals surface area contributed by atoms with E-state index in [0.717, 1.165) is 30.3 Å². The van der Waals surface area contributed by atoms with E-state index in [9.17, 15) is 50.8 Å². The second-order valence-electron chi connectivity index (χ2n) is 10.0. The van der Waals surface area contributed by atoms with Gasteiger partial charge >= 0.3 is 19.5 Å². The lowest BCUT2D eigenvalue weighted by molar-refractivity contribution is -0.138. The number of amides is 2. The molecular formula is C27H34BF6N5O5. The number of carbonyl (C=O) groups excluding carboxylic acids is 3. The highest BCUT2D eigenvalue weighted by atomic mass is 19.4. The third-order valence-electron chi connectivity index (χ3n) is 6.60.